The Morgan fingerprint density at radius 1 is 0.643 bits per heavy atom. The molecule has 0 radical (unpaired) electrons. The Bertz CT molecular complexity index is 2250. The Kier molecular flexibility index (Phi) is 4.17. The van der Waals surface area contributed by atoms with Gasteiger partial charge in [-0.05, 0) is 51.6 Å². The second-order valence-corrected chi connectivity index (χ2v) is 11.9. The van der Waals surface area contributed by atoms with Crippen molar-refractivity contribution in [3.63, 3.8) is 0 Å². The molecule has 10 rings (SSSR count). The van der Waals surface area contributed by atoms with Crippen molar-refractivity contribution in [3.8, 4) is 16.8 Å². The fourth-order valence-electron chi connectivity index (χ4n) is 8.41. The highest BCUT2D eigenvalue weighted by molar-refractivity contribution is 6.13. The highest BCUT2D eigenvalue weighted by Gasteiger charge is 2.51. The second kappa shape index (κ2) is 7.77. The van der Waals surface area contributed by atoms with E-state index in [0.29, 0.717) is 0 Å². The van der Waals surface area contributed by atoms with E-state index in [1.165, 1.54) is 66.4 Å². The Morgan fingerprint density at radius 2 is 1.38 bits per heavy atom. The highest BCUT2D eigenvalue weighted by Crippen LogP contribution is 2.61. The average Bonchev–Trinajstić information content (AvgIpc) is 3.67. The minimum atomic E-state index is -0.438. The van der Waals surface area contributed by atoms with Gasteiger partial charge in [-0.2, -0.15) is 0 Å². The van der Waals surface area contributed by atoms with E-state index >= 15 is 0 Å². The molecule has 0 saturated heterocycles. The summed E-state index contributed by atoms with van der Waals surface area (Å²) in [7, 11) is 2.18. The van der Waals surface area contributed by atoms with Gasteiger partial charge in [-0.15, -0.1) is 0 Å². The molecule has 198 valence electrons. The van der Waals surface area contributed by atoms with Gasteiger partial charge in [0.05, 0.1) is 34.2 Å². The number of likely N-dealkylation sites (N-methyl/N-ethyl adjacent to an activating group) is 1. The fraction of sp³-hybridized carbons (Fsp3) is 0.103. The molecule has 42 heavy (non-hydrogen) atoms. The summed E-state index contributed by atoms with van der Waals surface area (Å²) in [6.45, 7) is 0. The number of rotatable bonds is 1. The normalized spacial score (nSPS) is 22.4. The summed E-state index contributed by atoms with van der Waals surface area (Å²) in [5.41, 5.74) is 12.6. The lowest BCUT2D eigenvalue weighted by atomic mass is 9.65. The summed E-state index contributed by atoms with van der Waals surface area (Å²) in [6, 6.07) is 41.4. The molecule has 3 heteroatoms. The zero-order chi connectivity index (χ0) is 27.6. The standard InChI is InChI=1S/C39H27N3/c1-41-36-20-9-6-17-33(36)40-38(41)24-21-22-26-25-11-2-4-14-29(25)39(32(26)23-24)30-15-5-8-19-35(30)42-34-18-7-3-12-27(34)28-13-10-16-31(39)37(28)42/h2-23,33,36H,1H3. The largest absolute Gasteiger partial charge is 0.351 e. The summed E-state index contributed by atoms with van der Waals surface area (Å²) in [6.07, 6.45) is 8.75. The molecule has 0 N–H and O–H groups in total. The van der Waals surface area contributed by atoms with Gasteiger partial charge in [0.25, 0.3) is 0 Å². The lowest BCUT2D eigenvalue weighted by Gasteiger charge is -2.39. The van der Waals surface area contributed by atoms with E-state index in [2.05, 4.69) is 150 Å². The van der Waals surface area contributed by atoms with Crippen LogP contribution < -0.4 is 0 Å². The summed E-state index contributed by atoms with van der Waals surface area (Å²) in [5, 5.41) is 2.61. The van der Waals surface area contributed by atoms with Crippen LogP contribution in [-0.2, 0) is 5.41 Å². The quantitative estimate of drug-likeness (QED) is 0.208. The molecule has 3 atom stereocenters. The van der Waals surface area contributed by atoms with E-state index in [0.717, 1.165) is 5.84 Å². The Balaban J connectivity index is 1.35. The van der Waals surface area contributed by atoms with Crippen molar-refractivity contribution in [2.75, 3.05) is 7.05 Å². The summed E-state index contributed by atoms with van der Waals surface area (Å²) < 4.78 is 2.50. The molecule has 1 spiro atoms. The molecule has 0 bridgehead atoms. The topological polar surface area (TPSA) is 20.5 Å². The number of fused-ring (bicyclic) bond motifs is 13. The van der Waals surface area contributed by atoms with Crippen LogP contribution in [0.4, 0.5) is 0 Å². The number of hydrogen-bond donors (Lipinski definition) is 0. The first-order chi connectivity index (χ1) is 20.8. The first-order valence-electron chi connectivity index (χ1n) is 14.8. The smallest absolute Gasteiger partial charge is 0.131 e. The van der Waals surface area contributed by atoms with Gasteiger partial charge in [-0.3, -0.25) is 4.99 Å². The molecule has 0 fully saturated rings. The number of benzene rings is 5. The van der Waals surface area contributed by atoms with Crippen molar-refractivity contribution < 1.29 is 0 Å². The van der Waals surface area contributed by atoms with Gasteiger partial charge in [0.15, 0.2) is 0 Å². The van der Waals surface area contributed by atoms with Gasteiger partial charge >= 0.3 is 0 Å². The number of aromatic nitrogens is 1. The molecular formula is C39H27N3. The van der Waals surface area contributed by atoms with Crippen LogP contribution in [0.5, 0.6) is 0 Å². The van der Waals surface area contributed by atoms with Crippen LogP contribution in [0.1, 0.15) is 27.8 Å². The third kappa shape index (κ3) is 2.52. The van der Waals surface area contributed by atoms with Gasteiger partial charge in [0.1, 0.15) is 5.84 Å². The number of amidine groups is 1. The third-order valence-corrected chi connectivity index (χ3v) is 10.1. The van der Waals surface area contributed by atoms with Crippen LogP contribution in [-0.4, -0.2) is 34.4 Å². The first kappa shape index (κ1) is 22.5. The van der Waals surface area contributed by atoms with Crippen LogP contribution in [0.15, 0.2) is 138 Å². The Hall–Kier alpha value is -5.15. The zero-order valence-electron chi connectivity index (χ0n) is 23.2. The highest BCUT2D eigenvalue weighted by atomic mass is 15.3. The number of nitrogens with zero attached hydrogens (tertiary/aromatic N) is 3. The molecule has 1 aromatic heterocycles. The molecule has 0 saturated carbocycles. The number of hydrogen-bond acceptors (Lipinski definition) is 2. The van der Waals surface area contributed by atoms with Crippen molar-refractivity contribution in [2.45, 2.75) is 17.5 Å². The average molecular weight is 538 g/mol. The molecule has 2 aliphatic heterocycles. The van der Waals surface area contributed by atoms with Gasteiger partial charge in [0.2, 0.25) is 0 Å². The van der Waals surface area contributed by atoms with E-state index in [1.54, 1.807) is 0 Å². The molecule has 0 amide bonds. The summed E-state index contributed by atoms with van der Waals surface area (Å²) in [4.78, 5) is 7.56. The maximum atomic E-state index is 5.22. The number of aliphatic imine (C=N–C) groups is 1. The molecule has 4 aliphatic rings. The van der Waals surface area contributed by atoms with E-state index < -0.39 is 5.41 Å². The molecular weight excluding hydrogens is 510 g/mol. The van der Waals surface area contributed by atoms with Crippen molar-refractivity contribution in [1.29, 1.82) is 0 Å². The Morgan fingerprint density at radius 3 is 2.31 bits per heavy atom. The van der Waals surface area contributed by atoms with Gasteiger partial charge in [-0.25, -0.2) is 0 Å². The SMILES string of the molecule is CN1C(c2ccc3c(c2)C2(c4ccccc4-3)c3ccccc3-n3c4ccccc4c4cccc2c43)=NC2C=CC=CC21. The molecule has 3 nitrogen and oxygen atoms in total. The van der Waals surface area contributed by atoms with Gasteiger partial charge in [-0.1, -0.05) is 115 Å². The van der Waals surface area contributed by atoms with E-state index in [4.69, 9.17) is 4.99 Å². The third-order valence-electron chi connectivity index (χ3n) is 10.1. The first-order valence-corrected chi connectivity index (χ1v) is 14.8. The summed E-state index contributed by atoms with van der Waals surface area (Å²) in [5.74, 6) is 1.06. The lowest BCUT2D eigenvalue weighted by molar-refractivity contribution is 0.437. The van der Waals surface area contributed by atoms with Crippen molar-refractivity contribution in [3.05, 3.63) is 161 Å². The zero-order valence-corrected chi connectivity index (χ0v) is 23.2. The maximum absolute atomic E-state index is 5.22. The predicted molar refractivity (Wildman–Crippen MR) is 172 cm³/mol. The van der Waals surface area contributed by atoms with Gasteiger partial charge in [0, 0.05) is 23.4 Å². The maximum Gasteiger partial charge on any atom is 0.131 e. The fourth-order valence-corrected chi connectivity index (χ4v) is 8.41. The number of para-hydroxylation sites is 3. The number of allylic oxidation sites excluding steroid dienone is 2. The van der Waals surface area contributed by atoms with Crippen LogP contribution >= 0.6 is 0 Å². The van der Waals surface area contributed by atoms with E-state index in [9.17, 15) is 0 Å². The Labute approximate surface area is 244 Å². The summed E-state index contributed by atoms with van der Waals surface area (Å²) >= 11 is 0. The van der Waals surface area contributed by atoms with Crippen molar-refractivity contribution in [1.82, 2.24) is 9.47 Å². The molecule has 3 heterocycles. The second-order valence-electron chi connectivity index (χ2n) is 11.9. The van der Waals surface area contributed by atoms with Crippen molar-refractivity contribution >= 4 is 27.6 Å². The van der Waals surface area contributed by atoms with Crippen LogP contribution in [0.2, 0.25) is 0 Å². The van der Waals surface area contributed by atoms with E-state index in [-0.39, 0.29) is 12.1 Å². The molecule has 3 unspecified atom stereocenters. The van der Waals surface area contributed by atoms with Crippen LogP contribution in [0, 0.1) is 0 Å². The molecule has 5 aromatic carbocycles. The monoisotopic (exact) mass is 537 g/mol. The minimum Gasteiger partial charge on any atom is -0.351 e. The van der Waals surface area contributed by atoms with Crippen molar-refractivity contribution in [2.24, 2.45) is 4.99 Å². The predicted octanol–water partition coefficient (Wildman–Crippen LogP) is 8.02. The van der Waals surface area contributed by atoms with Crippen LogP contribution in [0.25, 0.3) is 38.6 Å². The lowest BCUT2D eigenvalue weighted by Crippen LogP contribution is -2.36. The van der Waals surface area contributed by atoms with Gasteiger partial charge < -0.3 is 9.47 Å². The van der Waals surface area contributed by atoms with E-state index in [1.807, 2.05) is 0 Å². The molecule has 6 aromatic rings. The van der Waals surface area contributed by atoms with Crippen LogP contribution in [0.3, 0.4) is 0 Å². The molecule has 2 aliphatic carbocycles. The minimum absolute atomic E-state index is 0.161.